The maximum atomic E-state index is 6.12. The van der Waals surface area contributed by atoms with E-state index in [0.717, 1.165) is 29.4 Å². The van der Waals surface area contributed by atoms with Crippen LogP contribution >= 0.6 is 27.5 Å². The fourth-order valence-corrected chi connectivity index (χ4v) is 2.06. The first kappa shape index (κ1) is 14.9. The van der Waals surface area contributed by atoms with E-state index in [1.807, 2.05) is 13.8 Å². The fourth-order valence-electron chi connectivity index (χ4n) is 1.50. The maximum Gasteiger partial charge on any atom is 0.161 e. The highest BCUT2D eigenvalue weighted by Crippen LogP contribution is 2.31. The molecular weight excluding hydrogens is 304 g/mol. The molecule has 1 rings (SSSR count). The largest absolute Gasteiger partial charge is 0.371 e. The zero-order chi connectivity index (χ0) is 13.1. The molecule has 96 valence electrons. The Bertz CT molecular complexity index is 394. The van der Waals surface area contributed by atoms with Crippen LogP contribution in [0.15, 0.2) is 4.47 Å². The van der Waals surface area contributed by atoms with Crippen LogP contribution in [0.2, 0.25) is 5.15 Å². The molecule has 1 aromatic rings. The second-order valence-electron chi connectivity index (χ2n) is 4.14. The molecule has 0 N–H and O–H groups in total. The van der Waals surface area contributed by atoms with Gasteiger partial charge in [0.2, 0.25) is 0 Å². The Kier molecular flexibility index (Phi) is 5.35. The van der Waals surface area contributed by atoms with Gasteiger partial charge in [0.25, 0.3) is 0 Å². The zero-order valence-electron chi connectivity index (χ0n) is 10.7. The SMILES string of the molecule is CCCc1nc(C(C)(CC)OC)nc(Cl)c1Br. The molecule has 1 atom stereocenters. The Morgan fingerprint density at radius 1 is 1.35 bits per heavy atom. The van der Waals surface area contributed by atoms with Gasteiger partial charge in [0.15, 0.2) is 5.82 Å². The van der Waals surface area contributed by atoms with E-state index >= 15 is 0 Å². The van der Waals surface area contributed by atoms with Crippen LogP contribution in [0.3, 0.4) is 0 Å². The Balaban J connectivity index is 3.26. The Morgan fingerprint density at radius 3 is 2.47 bits per heavy atom. The summed E-state index contributed by atoms with van der Waals surface area (Å²) < 4.78 is 6.29. The van der Waals surface area contributed by atoms with Crippen molar-refractivity contribution in [2.75, 3.05) is 7.11 Å². The first-order valence-corrected chi connectivity index (χ1v) is 6.93. The summed E-state index contributed by atoms with van der Waals surface area (Å²) in [6, 6.07) is 0. The molecule has 1 heterocycles. The normalized spacial score (nSPS) is 14.7. The van der Waals surface area contributed by atoms with Crippen molar-refractivity contribution >= 4 is 27.5 Å². The molecule has 0 aliphatic rings. The highest BCUT2D eigenvalue weighted by atomic mass is 79.9. The smallest absolute Gasteiger partial charge is 0.161 e. The van der Waals surface area contributed by atoms with Gasteiger partial charge in [-0.3, -0.25) is 0 Å². The topological polar surface area (TPSA) is 35.0 Å². The molecule has 1 aromatic heterocycles. The van der Waals surface area contributed by atoms with Gasteiger partial charge < -0.3 is 4.74 Å². The molecule has 0 saturated heterocycles. The van der Waals surface area contributed by atoms with Crippen LogP contribution in [0, 0.1) is 0 Å². The van der Waals surface area contributed by atoms with Crippen LogP contribution in [0.5, 0.6) is 0 Å². The summed E-state index contributed by atoms with van der Waals surface area (Å²) in [5.74, 6) is 0.652. The molecule has 1 unspecified atom stereocenters. The quantitative estimate of drug-likeness (QED) is 0.765. The minimum Gasteiger partial charge on any atom is -0.371 e. The summed E-state index contributed by atoms with van der Waals surface area (Å²) in [5, 5.41) is 0.454. The number of ether oxygens (including phenoxy) is 1. The van der Waals surface area contributed by atoms with E-state index in [-0.39, 0.29) is 0 Å². The zero-order valence-corrected chi connectivity index (χ0v) is 13.0. The molecule has 3 nitrogen and oxygen atoms in total. The van der Waals surface area contributed by atoms with Crippen LogP contribution < -0.4 is 0 Å². The lowest BCUT2D eigenvalue weighted by Gasteiger charge is -2.25. The molecule has 17 heavy (non-hydrogen) atoms. The summed E-state index contributed by atoms with van der Waals surface area (Å²) >= 11 is 9.55. The molecule has 0 spiro atoms. The monoisotopic (exact) mass is 320 g/mol. The second kappa shape index (κ2) is 6.12. The van der Waals surface area contributed by atoms with Gasteiger partial charge in [0, 0.05) is 7.11 Å². The minimum atomic E-state index is -0.479. The van der Waals surface area contributed by atoms with E-state index in [9.17, 15) is 0 Å². The van der Waals surface area contributed by atoms with Gasteiger partial charge in [-0.15, -0.1) is 0 Å². The van der Waals surface area contributed by atoms with Crippen molar-refractivity contribution < 1.29 is 4.74 Å². The van der Waals surface area contributed by atoms with Gasteiger partial charge in [0.1, 0.15) is 10.8 Å². The van der Waals surface area contributed by atoms with E-state index in [1.54, 1.807) is 7.11 Å². The molecule has 0 bridgehead atoms. The van der Waals surface area contributed by atoms with E-state index in [2.05, 4.69) is 32.8 Å². The van der Waals surface area contributed by atoms with Crippen LogP contribution in [-0.4, -0.2) is 17.1 Å². The Morgan fingerprint density at radius 2 is 2.00 bits per heavy atom. The average Bonchev–Trinajstić information content (AvgIpc) is 2.34. The number of hydrogen-bond donors (Lipinski definition) is 0. The minimum absolute atomic E-state index is 0.454. The van der Waals surface area contributed by atoms with E-state index in [0.29, 0.717) is 11.0 Å². The van der Waals surface area contributed by atoms with Gasteiger partial charge in [0.05, 0.1) is 10.2 Å². The van der Waals surface area contributed by atoms with Gasteiger partial charge in [-0.25, -0.2) is 9.97 Å². The van der Waals surface area contributed by atoms with Crippen molar-refractivity contribution in [3.05, 3.63) is 21.1 Å². The molecule has 0 fully saturated rings. The molecular formula is C12H18BrClN2O. The molecule has 0 aromatic carbocycles. The van der Waals surface area contributed by atoms with Crippen LogP contribution in [-0.2, 0) is 16.8 Å². The predicted molar refractivity (Wildman–Crippen MR) is 73.4 cm³/mol. The summed E-state index contributed by atoms with van der Waals surface area (Å²) in [6.07, 6.45) is 2.69. The lowest BCUT2D eigenvalue weighted by molar-refractivity contribution is -0.00918. The van der Waals surface area contributed by atoms with Gasteiger partial charge in [-0.05, 0) is 35.7 Å². The third-order valence-electron chi connectivity index (χ3n) is 2.96. The first-order valence-electron chi connectivity index (χ1n) is 5.76. The third-order valence-corrected chi connectivity index (χ3v) is 4.30. The van der Waals surface area contributed by atoms with Crippen molar-refractivity contribution in [3.8, 4) is 0 Å². The maximum absolute atomic E-state index is 6.12. The van der Waals surface area contributed by atoms with Crippen LogP contribution in [0.1, 0.15) is 45.1 Å². The van der Waals surface area contributed by atoms with Gasteiger partial charge >= 0.3 is 0 Å². The molecule has 5 heteroatoms. The lowest BCUT2D eigenvalue weighted by atomic mass is 10.0. The number of methoxy groups -OCH3 is 1. The van der Waals surface area contributed by atoms with Gasteiger partial charge in [-0.2, -0.15) is 0 Å². The summed E-state index contributed by atoms with van der Waals surface area (Å²) in [7, 11) is 1.67. The highest BCUT2D eigenvalue weighted by Gasteiger charge is 2.29. The number of nitrogens with zero attached hydrogens (tertiary/aromatic N) is 2. The number of hydrogen-bond acceptors (Lipinski definition) is 3. The molecule has 0 aliphatic heterocycles. The van der Waals surface area contributed by atoms with Crippen molar-refractivity contribution in [2.45, 2.75) is 45.6 Å². The van der Waals surface area contributed by atoms with Crippen LogP contribution in [0.25, 0.3) is 0 Å². The van der Waals surface area contributed by atoms with E-state index in [1.165, 1.54) is 0 Å². The molecule has 0 aliphatic carbocycles. The summed E-state index contributed by atoms with van der Waals surface area (Å²) in [6.45, 7) is 6.13. The van der Waals surface area contributed by atoms with Crippen LogP contribution in [0.4, 0.5) is 0 Å². The number of halogens is 2. The lowest BCUT2D eigenvalue weighted by Crippen LogP contribution is -2.27. The average molecular weight is 322 g/mol. The molecule has 0 amide bonds. The van der Waals surface area contributed by atoms with E-state index < -0.39 is 5.60 Å². The van der Waals surface area contributed by atoms with E-state index in [4.69, 9.17) is 16.3 Å². The predicted octanol–water partition coefficient (Wildman–Crippen LogP) is 4.12. The Labute approximate surface area is 116 Å². The summed E-state index contributed by atoms with van der Waals surface area (Å²) in [4.78, 5) is 8.88. The Hall–Kier alpha value is -0.190. The van der Waals surface area contributed by atoms with Gasteiger partial charge in [-0.1, -0.05) is 31.9 Å². The van der Waals surface area contributed by atoms with Crippen molar-refractivity contribution in [1.29, 1.82) is 0 Å². The highest BCUT2D eigenvalue weighted by molar-refractivity contribution is 9.10. The fraction of sp³-hybridized carbons (Fsp3) is 0.667. The number of aromatic nitrogens is 2. The third kappa shape index (κ3) is 3.18. The first-order chi connectivity index (χ1) is 7.98. The summed E-state index contributed by atoms with van der Waals surface area (Å²) in [5.41, 5.74) is 0.464. The van der Waals surface area contributed by atoms with Crippen molar-refractivity contribution in [3.63, 3.8) is 0 Å². The second-order valence-corrected chi connectivity index (χ2v) is 5.29. The molecule has 0 radical (unpaired) electrons. The van der Waals surface area contributed by atoms with Crippen molar-refractivity contribution in [2.24, 2.45) is 0 Å². The molecule has 0 saturated carbocycles. The number of aryl methyl sites for hydroxylation is 1. The standard InChI is InChI=1S/C12H18BrClN2O/c1-5-7-8-9(13)10(14)16-11(15-8)12(3,6-2)17-4/h5-7H2,1-4H3. The number of rotatable bonds is 5. The van der Waals surface area contributed by atoms with Crippen molar-refractivity contribution in [1.82, 2.24) is 9.97 Å².